The standard InChI is InChI=1S/C13H22BrN3O2/c1-3-5-7-17-13(19)12(14)11(9-16-17)15-8-10(18)6-4-2/h9-10,15,18H,3-8H2,1-2H3. The monoisotopic (exact) mass is 331 g/mol. The first-order chi connectivity index (χ1) is 9.10. The van der Waals surface area contributed by atoms with E-state index in [9.17, 15) is 9.90 Å². The van der Waals surface area contributed by atoms with Crippen LogP contribution in [0.1, 0.15) is 39.5 Å². The first-order valence-corrected chi connectivity index (χ1v) is 7.57. The van der Waals surface area contributed by atoms with Gasteiger partial charge in [-0.1, -0.05) is 26.7 Å². The molecule has 0 spiro atoms. The molecule has 0 bridgehead atoms. The maximum absolute atomic E-state index is 12.0. The first-order valence-electron chi connectivity index (χ1n) is 6.77. The highest BCUT2D eigenvalue weighted by Crippen LogP contribution is 2.16. The molecule has 1 heterocycles. The molecule has 1 aromatic heterocycles. The predicted molar refractivity (Wildman–Crippen MR) is 80.5 cm³/mol. The fourth-order valence-corrected chi connectivity index (χ4v) is 2.17. The number of aliphatic hydroxyl groups is 1. The quantitative estimate of drug-likeness (QED) is 0.767. The average molecular weight is 332 g/mol. The smallest absolute Gasteiger partial charge is 0.283 e. The molecule has 19 heavy (non-hydrogen) atoms. The van der Waals surface area contributed by atoms with E-state index < -0.39 is 6.10 Å². The van der Waals surface area contributed by atoms with Gasteiger partial charge in [0.1, 0.15) is 4.47 Å². The maximum Gasteiger partial charge on any atom is 0.283 e. The molecule has 1 rings (SSSR count). The van der Waals surface area contributed by atoms with Gasteiger partial charge < -0.3 is 10.4 Å². The Hall–Kier alpha value is -0.880. The van der Waals surface area contributed by atoms with E-state index in [2.05, 4.69) is 33.3 Å². The largest absolute Gasteiger partial charge is 0.391 e. The lowest BCUT2D eigenvalue weighted by Crippen LogP contribution is -2.26. The van der Waals surface area contributed by atoms with Crippen LogP contribution in [0.25, 0.3) is 0 Å². The molecule has 0 aliphatic carbocycles. The highest BCUT2D eigenvalue weighted by atomic mass is 79.9. The molecule has 1 aromatic rings. The molecule has 0 saturated carbocycles. The van der Waals surface area contributed by atoms with Crippen LogP contribution in [0.15, 0.2) is 15.5 Å². The summed E-state index contributed by atoms with van der Waals surface area (Å²) in [5.41, 5.74) is 0.497. The molecular formula is C13H22BrN3O2. The number of nitrogens with zero attached hydrogens (tertiary/aromatic N) is 2. The molecule has 0 aliphatic rings. The zero-order valence-electron chi connectivity index (χ0n) is 11.5. The molecule has 108 valence electrons. The third kappa shape index (κ3) is 4.95. The van der Waals surface area contributed by atoms with Crippen LogP contribution in [-0.4, -0.2) is 27.5 Å². The van der Waals surface area contributed by atoms with E-state index in [4.69, 9.17) is 0 Å². The van der Waals surface area contributed by atoms with Gasteiger partial charge in [0, 0.05) is 13.1 Å². The Morgan fingerprint density at radius 1 is 1.47 bits per heavy atom. The van der Waals surface area contributed by atoms with Crippen molar-refractivity contribution in [3.05, 3.63) is 21.0 Å². The zero-order valence-corrected chi connectivity index (χ0v) is 13.1. The lowest BCUT2D eigenvalue weighted by atomic mass is 10.2. The second-order valence-electron chi connectivity index (χ2n) is 4.58. The summed E-state index contributed by atoms with van der Waals surface area (Å²) in [6, 6.07) is 0. The molecule has 0 fully saturated rings. The van der Waals surface area contributed by atoms with Crippen LogP contribution < -0.4 is 10.9 Å². The van der Waals surface area contributed by atoms with Gasteiger partial charge in [0.2, 0.25) is 0 Å². The molecule has 0 saturated heterocycles. The van der Waals surface area contributed by atoms with Crippen molar-refractivity contribution in [2.75, 3.05) is 11.9 Å². The number of halogens is 1. The number of nitrogens with one attached hydrogen (secondary N) is 1. The van der Waals surface area contributed by atoms with Gasteiger partial charge in [0.15, 0.2) is 0 Å². The Balaban J connectivity index is 2.71. The summed E-state index contributed by atoms with van der Waals surface area (Å²) in [5, 5.41) is 16.8. The third-order valence-electron chi connectivity index (χ3n) is 2.86. The number of aryl methyl sites for hydroxylation is 1. The summed E-state index contributed by atoms with van der Waals surface area (Å²) >= 11 is 3.29. The molecular weight excluding hydrogens is 310 g/mol. The molecule has 0 aliphatic heterocycles. The van der Waals surface area contributed by atoms with E-state index in [0.29, 0.717) is 23.2 Å². The Kier molecular flexibility index (Phi) is 7.09. The minimum Gasteiger partial charge on any atom is -0.391 e. The van der Waals surface area contributed by atoms with Crippen LogP contribution in [0.2, 0.25) is 0 Å². The van der Waals surface area contributed by atoms with Gasteiger partial charge in [-0.15, -0.1) is 0 Å². The minimum atomic E-state index is -0.403. The number of unbranched alkanes of at least 4 members (excludes halogenated alkanes) is 1. The fraction of sp³-hybridized carbons (Fsp3) is 0.692. The summed E-state index contributed by atoms with van der Waals surface area (Å²) in [7, 11) is 0. The van der Waals surface area contributed by atoms with E-state index >= 15 is 0 Å². The average Bonchev–Trinajstić information content (AvgIpc) is 2.40. The molecule has 1 unspecified atom stereocenters. The van der Waals surface area contributed by atoms with Crippen molar-refractivity contribution in [3.63, 3.8) is 0 Å². The van der Waals surface area contributed by atoms with Crippen LogP contribution in [0.5, 0.6) is 0 Å². The van der Waals surface area contributed by atoms with Crippen LogP contribution >= 0.6 is 15.9 Å². The fourth-order valence-electron chi connectivity index (χ4n) is 1.72. The Morgan fingerprint density at radius 3 is 2.84 bits per heavy atom. The SMILES string of the molecule is CCCCn1ncc(NCC(O)CCC)c(Br)c1=O. The van der Waals surface area contributed by atoms with Crippen molar-refractivity contribution in [2.45, 2.75) is 52.2 Å². The number of rotatable bonds is 8. The number of aliphatic hydroxyl groups excluding tert-OH is 1. The van der Waals surface area contributed by atoms with Crippen molar-refractivity contribution in [3.8, 4) is 0 Å². The number of aromatic nitrogens is 2. The topological polar surface area (TPSA) is 67.2 Å². The second kappa shape index (κ2) is 8.32. The van der Waals surface area contributed by atoms with E-state index in [1.807, 2.05) is 6.92 Å². The highest BCUT2D eigenvalue weighted by molar-refractivity contribution is 9.10. The molecule has 5 nitrogen and oxygen atoms in total. The molecule has 0 aromatic carbocycles. The van der Waals surface area contributed by atoms with Gasteiger partial charge in [-0.2, -0.15) is 5.10 Å². The van der Waals surface area contributed by atoms with Crippen LogP contribution in [0, 0.1) is 0 Å². The van der Waals surface area contributed by atoms with Crippen LogP contribution in [0.4, 0.5) is 5.69 Å². The van der Waals surface area contributed by atoms with Crippen LogP contribution in [-0.2, 0) is 6.54 Å². The summed E-state index contributed by atoms with van der Waals surface area (Å²) in [4.78, 5) is 12.0. The minimum absolute atomic E-state index is 0.136. The van der Waals surface area contributed by atoms with Crippen molar-refractivity contribution in [2.24, 2.45) is 0 Å². The third-order valence-corrected chi connectivity index (χ3v) is 3.62. The maximum atomic E-state index is 12.0. The van der Waals surface area contributed by atoms with Crippen molar-refractivity contribution < 1.29 is 5.11 Å². The predicted octanol–water partition coefficient (Wildman–Crippen LogP) is 2.38. The lowest BCUT2D eigenvalue weighted by molar-refractivity contribution is 0.176. The Bertz CT molecular complexity index is 448. The van der Waals surface area contributed by atoms with E-state index in [-0.39, 0.29) is 5.56 Å². The molecule has 1 atom stereocenters. The van der Waals surface area contributed by atoms with Crippen molar-refractivity contribution in [1.29, 1.82) is 0 Å². The van der Waals surface area contributed by atoms with E-state index in [1.54, 1.807) is 6.20 Å². The summed E-state index contributed by atoms with van der Waals surface area (Å²) in [5.74, 6) is 0. The number of hydrogen-bond donors (Lipinski definition) is 2. The summed E-state index contributed by atoms with van der Waals surface area (Å²) in [6.45, 7) is 5.15. The molecule has 0 radical (unpaired) electrons. The zero-order chi connectivity index (χ0) is 14.3. The van der Waals surface area contributed by atoms with Gasteiger partial charge in [-0.05, 0) is 28.8 Å². The second-order valence-corrected chi connectivity index (χ2v) is 5.37. The summed E-state index contributed by atoms with van der Waals surface area (Å²) in [6.07, 6.45) is 4.85. The van der Waals surface area contributed by atoms with E-state index in [0.717, 1.165) is 25.7 Å². The van der Waals surface area contributed by atoms with Crippen molar-refractivity contribution >= 4 is 21.6 Å². The molecule has 6 heteroatoms. The van der Waals surface area contributed by atoms with Gasteiger partial charge in [0.25, 0.3) is 5.56 Å². The molecule has 0 amide bonds. The highest BCUT2D eigenvalue weighted by Gasteiger charge is 2.10. The Labute approximate surface area is 122 Å². The summed E-state index contributed by atoms with van der Waals surface area (Å²) < 4.78 is 1.93. The van der Waals surface area contributed by atoms with E-state index in [1.165, 1.54) is 4.68 Å². The van der Waals surface area contributed by atoms with Crippen LogP contribution in [0.3, 0.4) is 0 Å². The molecule has 2 N–H and O–H groups in total. The first kappa shape index (κ1) is 16.2. The normalized spacial score (nSPS) is 12.4. The van der Waals surface area contributed by atoms with Gasteiger partial charge in [0.05, 0.1) is 18.0 Å². The van der Waals surface area contributed by atoms with Gasteiger partial charge in [-0.25, -0.2) is 4.68 Å². The van der Waals surface area contributed by atoms with Gasteiger partial charge >= 0.3 is 0 Å². The lowest BCUT2D eigenvalue weighted by Gasteiger charge is -2.13. The Morgan fingerprint density at radius 2 is 2.21 bits per heavy atom. The number of anilines is 1. The van der Waals surface area contributed by atoms with Gasteiger partial charge in [-0.3, -0.25) is 4.79 Å². The van der Waals surface area contributed by atoms with Crippen molar-refractivity contribution in [1.82, 2.24) is 9.78 Å². The number of hydrogen-bond acceptors (Lipinski definition) is 4.